The van der Waals surface area contributed by atoms with Crippen molar-refractivity contribution in [2.24, 2.45) is 0 Å². The molecular formula is C19H18FN3O5. The molecule has 1 aliphatic rings. The minimum absolute atomic E-state index is 0.0431. The number of carbonyl (C=O) groups excluding carboxylic acids is 2. The molecule has 3 rings (SSSR count). The summed E-state index contributed by atoms with van der Waals surface area (Å²) in [4.78, 5) is 35.1. The molecule has 0 spiro atoms. The number of benzene rings is 2. The number of carbonyl (C=O) groups is 2. The van der Waals surface area contributed by atoms with Gasteiger partial charge in [-0.05, 0) is 50.1 Å². The third-order valence-electron chi connectivity index (χ3n) is 4.11. The van der Waals surface area contributed by atoms with Gasteiger partial charge in [-0.25, -0.2) is 9.18 Å². The van der Waals surface area contributed by atoms with Gasteiger partial charge in [0, 0.05) is 17.8 Å². The molecule has 1 amide bonds. The van der Waals surface area contributed by atoms with Gasteiger partial charge >= 0.3 is 5.97 Å². The zero-order chi connectivity index (χ0) is 20.3. The van der Waals surface area contributed by atoms with Gasteiger partial charge in [0.2, 0.25) is 0 Å². The Kier molecular flexibility index (Phi) is 5.53. The molecule has 0 saturated heterocycles. The largest absolute Gasteiger partial charge is 0.449 e. The monoisotopic (exact) mass is 387 g/mol. The quantitative estimate of drug-likeness (QED) is 0.427. The molecule has 9 heteroatoms. The molecule has 0 heterocycles. The second kappa shape index (κ2) is 8.03. The summed E-state index contributed by atoms with van der Waals surface area (Å²) >= 11 is 0. The average Bonchev–Trinajstić information content (AvgIpc) is 3.45. The van der Waals surface area contributed by atoms with Crippen molar-refractivity contribution in [2.45, 2.75) is 31.9 Å². The molecule has 0 aliphatic heterocycles. The van der Waals surface area contributed by atoms with Crippen molar-refractivity contribution in [3.63, 3.8) is 0 Å². The van der Waals surface area contributed by atoms with Crippen LogP contribution in [-0.2, 0) is 9.53 Å². The van der Waals surface area contributed by atoms with Crippen LogP contribution in [0.25, 0.3) is 0 Å². The first-order valence-corrected chi connectivity index (χ1v) is 8.66. The lowest BCUT2D eigenvalue weighted by molar-refractivity contribution is -0.384. The van der Waals surface area contributed by atoms with Crippen LogP contribution in [0.15, 0.2) is 42.5 Å². The van der Waals surface area contributed by atoms with Gasteiger partial charge in [0.25, 0.3) is 11.6 Å². The van der Waals surface area contributed by atoms with Crippen molar-refractivity contribution in [1.82, 2.24) is 0 Å². The smallest absolute Gasteiger partial charge is 0.339 e. The summed E-state index contributed by atoms with van der Waals surface area (Å²) in [6.45, 7) is 1.35. The number of hydrogen-bond acceptors (Lipinski definition) is 6. The molecule has 28 heavy (non-hydrogen) atoms. The third kappa shape index (κ3) is 4.81. The lowest BCUT2D eigenvalue weighted by Gasteiger charge is -2.14. The Labute approximate surface area is 159 Å². The number of nitrogens with one attached hydrogen (secondary N) is 2. The molecule has 146 valence electrons. The summed E-state index contributed by atoms with van der Waals surface area (Å²) in [5.74, 6) is -2.04. The van der Waals surface area contributed by atoms with Crippen molar-refractivity contribution in [3.05, 3.63) is 64.0 Å². The van der Waals surface area contributed by atoms with Crippen molar-refractivity contribution < 1.29 is 23.6 Å². The highest BCUT2D eigenvalue weighted by Gasteiger charge is 2.26. The van der Waals surface area contributed by atoms with E-state index in [2.05, 4.69) is 10.6 Å². The fourth-order valence-corrected chi connectivity index (χ4v) is 2.47. The van der Waals surface area contributed by atoms with E-state index < -0.39 is 28.7 Å². The number of nitro benzene ring substituents is 1. The highest BCUT2D eigenvalue weighted by atomic mass is 19.1. The summed E-state index contributed by atoms with van der Waals surface area (Å²) in [6, 6.07) is 9.45. The van der Waals surface area contributed by atoms with E-state index >= 15 is 0 Å². The number of nitro groups is 1. The summed E-state index contributed by atoms with van der Waals surface area (Å²) in [6.07, 6.45) is 0.705. The summed E-state index contributed by atoms with van der Waals surface area (Å²) < 4.78 is 18.3. The summed E-state index contributed by atoms with van der Waals surface area (Å²) in [7, 11) is 0. The minimum atomic E-state index is -1.18. The predicted molar refractivity (Wildman–Crippen MR) is 99.6 cm³/mol. The van der Waals surface area contributed by atoms with E-state index in [1.165, 1.54) is 37.3 Å². The summed E-state index contributed by atoms with van der Waals surface area (Å²) in [5.41, 5.74) is 0.275. The molecule has 1 aliphatic carbocycles. The molecule has 2 N–H and O–H groups in total. The topological polar surface area (TPSA) is 111 Å². The lowest BCUT2D eigenvalue weighted by Crippen LogP contribution is -2.30. The van der Waals surface area contributed by atoms with Crippen LogP contribution in [0.2, 0.25) is 0 Å². The molecule has 8 nitrogen and oxygen atoms in total. The van der Waals surface area contributed by atoms with Gasteiger partial charge in [-0.15, -0.1) is 0 Å². The second-order valence-corrected chi connectivity index (χ2v) is 6.45. The minimum Gasteiger partial charge on any atom is -0.449 e. The van der Waals surface area contributed by atoms with Crippen LogP contribution in [0.5, 0.6) is 0 Å². The predicted octanol–water partition coefficient (Wildman–Crippen LogP) is 3.49. The number of rotatable bonds is 7. The van der Waals surface area contributed by atoms with Gasteiger partial charge in [0.1, 0.15) is 11.5 Å². The fraction of sp³-hybridized carbons (Fsp3) is 0.263. The molecule has 1 atom stereocenters. The van der Waals surface area contributed by atoms with Crippen molar-refractivity contribution in [3.8, 4) is 0 Å². The molecule has 0 unspecified atom stereocenters. The normalized spacial score (nSPS) is 14.1. The van der Waals surface area contributed by atoms with Gasteiger partial charge in [0.15, 0.2) is 6.10 Å². The Balaban J connectivity index is 1.66. The van der Waals surface area contributed by atoms with E-state index in [0.717, 1.165) is 25.0 Å². The van der Waals surface area contributed by atoms with Gasteiger partial charge in [0.05, 0.1) is 10.5 Å². The molecule has 2 aromatic rings. The standard InChI is InChI=1S/C19H18FN3O5/c1-11(18(24)22-15-4-2-3-13(20)10-15)28-19(25)12-5-8-16(21-14-6-7-14)17(9-12)23(26)27/h2-5,8-11,14,21H,6-7H2,1H3,(H,22,24)/t11-/m1/s1. The molecule has 2 aromatic carbocycles. The maximum Gasteiger partial charge on any atom is 0.339 e. The zero-order valence-electron chi connectivity index (χ0n) is 15.0. The highest BCUT2D eigenvalue weighted by Crippen LogP contribution is 2.31. The number of halogens is 1. The second-order valence-electron chi connectivity index (χ2n) is 6.45. The Morgan fingerprint density at radius 3 is 2.64 bits per heavy atom. The number of amides is 1. The molecule has 1 saturated carbocycles. The van der Waals surface area contributed by atoms with Crippen LogP contribution in [-0.4, -0.2) is 28.9 Å². The van der Waals surface area contributed by atoms with Crippen molar-refractivity contribution in [1.29, 1.82) is 0 Å². The van der Waals surface area contributed by atoms with E-state index in [-0.39, 0.29) is 23.0 Å². The molecular weight excluding hydrogens is 369 g/mol. The van der Waals surface area contributed by atoms with Gasteiger partial charge in [-0.3, -0.25) is 14.9 Å². The Morgan fingerprint density at radius 1 is 1.25 bits per heavy atom. The molecule has 0 bridgehead atoms. The summed E-state index contributed by atoms with van der Waals surface area (Å²) in [5, 5.41) is 16.7. The first-order chi connectivity index (χ1) is 13.3. The first-order valence-electron chi connectivity index (χ1n) is 8.66. The Hall–Kier alpha value is -3.49. The maximum absolute atomic E-state index is 13.2. The lowest BCUT2D eigenvalue weighted by atomic mass is 10.1. The van der Waals surface area contributed by atoms with Gasteiger partial charge in [-0.1, -0.05) is 6.07 Å². The number of anilines is 2. The SMILES string of the molecule is C[C@@H](OC(=O)c1ccc(NC2CC2)c([N+](=O)[O-])c1)C(=O)Nc1cccc(F)c1. The van der Waals surface area contributed by atoms with E-state index in [0.29, 0.717) is 5.69 Å². The van der Waals surface area contributed by atoms with Crippen LogP contribution < -0.4 is 10.6 Å². The van der Waals surface area contributed by atoms with E-state index in [9.17, 15) is 24.1 Å². The number of esters is 1. The maximum atomic E-state index is 13.2. The number of nitrogens with zero attached hydrogens (tertiary/aromatic N) is 1. The van der Waals surface area contributed by atoms with Crippen LogP contribution in [0, 0.1) is 15.9 Å². The number of ether oxygens (including phenoxy) is 1. The fourth-order valence-electron chi connectivity index (χ4n) is 2.47. The van der Waals surface area contributed by atoms with Crippen LogP contribution in [0.3, 0.4) is 0 Å². The average molecular weight is 387 g/mol. The van der Waals surface area contributed by atoms with Gasteiger partial charge in [-0.2, -0.15) is 0 Å². The van der Waals surface area contributed by atoms with E-state index in [4.69, 9.17) is 4.74 Å². The molecule has 0 aromatic heterocycles. The molecule has 1 fully saturated rings. The van der Waals surface area contributed by atoms with Crippen LogP contribution in [0.4, 0.5) is 21.5 Å². The first kappa shape index (κ1) is 19.3. The molecule has 0 radical (unpaired) electrons. The Bertz CT molecular complexity index is 930. The van der Waals surface area contributed by atoms with Crippen molar-refractivity contribution >= 4 is 28.9 Å². The van der Waals surface area contributed by atoms with Crippen LogP contribution >= 0.6 is 0 Å². The van der Waals surface area contributed by atoms with Crippen molar-refractivity contribution in [2.75, 3.05) is 10.6 Å². The zero-order valence-corrected chi connectivity index (χ0v) is 15.0. The number of hydrogen-bond donors (Lipinski definition) is 2. The third-order valence-corrected chi connectivity index (χ3v) is 4.11. The van der Waals surface area contributed by atoms with E-state index in [1.54, 1.807) is 0 Å². The van der Waals surface area contributed by atoms with Gasteiger partial charge < -0.3 is 15.4 Å². The highest BCUT2D eigenvalue weighted by molar-refractivity contribution is 5.97. The Morgan fingerprint density at radius 2 is 2.00 bits per heavy atom. The van der Waals surface area contributed by atoms with E-state index in [1.807, 2.05) is 0 Å². The van der Waals surface area contributed by atoms with Crippen LogP contribution in [0.1, 0.15) is 30.1 Å².